The van der Waals surface area contributed by atoms with Crippen molar-refractivity contribution in [3.05, 3.63) is 40.4 Å². The highest BCUT2D eigenvalue weighted by atomic mass is 35.5. The molecule has 1 saturated carbocycles. The van der Waals surface area contributed by atoms with Crippen LogP contribution in [0.2, 0.25) is 5.02 Å². The third-order valence-corrected chi connectivity index (χ3v) is 11.4. The molecule has 4 aromatic rings. The molecule has 10 nitrogen and oxygen atoms in total. The highest BCUT2D eigenvalue weighted by Gasteiger charge is 2.45. The lowest BCUT2D eigenvalue weighted by atomic mass is 9.95. The summed E-state index contributed by atoms with van der Waals surface area (Å²) in [6, 6.07) is 5.97. The van der Waals surface area contributed by atoms with Crippen molar-refractivity contribution in [2.24, 2.45) is 0 Å². The molecule has 2 aromatic carbocycles. The van der Waals surface area contributed by atoms with Crippen LogP contribution in [0.5, 0.6) is 11.9 Å². The molecule has 4 N–H and O–H groups in total. The fourth-order valence-electron chi connectivity index (χ4n) is 7.60. The molecule has 47 heavy (non-hydrogen) atoms. The van der Waals surface area contributed by atoms with Crippen LogP contribution in [0.25, 0.3) is 32.1 Å². The van der Waals surface area contributed by atoms with Crippen LogP contribution in [0.1, 0.15) is 50.5 Å². The predicted octanol–water partition coefficient (Wildman–Crippen LogP) is 5.29. The Labute approximate surface area is 278 Å². The Bertz CT molecular complexity index is 1970. The van der Waals surface area contributed by atoms with Gasteiger partial charge in [-0.05, 0) is 69.3 Å². The van der Waals surface area contributed by atoms with E-state index in [0.717, 1.165) is 56.5 Å². The van der Waals surface area contributed by atoms with Gasteiger partial charge in [0.1, 0.15) is 35.1 Å². The van der Waals surface area contributed by atoms with E-state index in [-0.39, 0.29) is 89.2 Å². The third-order valence-electron chi connectivity index (χ3n) is 10.0. The number of aromatic nitrogens is 2. The topological polar surface area (TPSA) is 148 Å². The molecular weight excluding hydrogens is 648 g/mol. The van der Waals surface area contributed by atoms with Gasteiger partial charge in [-0.1, -0.05) is 17.7 Å². The lowest BCUT2D eigenvalue weighted by Crippen LogP contribution is -2.43. The highest BCUT2D eigenvalue weighted by molar-refractivity contribution is 7.23. The Morgan fingerprint density at radius 1 is 1.26 bits per heavy atom. The number of nitriles is 1. The average Bonchev–Trinajstić information content (AvgIpc) is 3.31. The number of hydrogen-bond acceptors (Lipinski definition) is 10. The number of halogens is 3. The molecule has 244 valence electrons. The second-order valence-corrected chi connectivity index (χ2v) is 14.4. The molecule has 2 aromatic heterocycles. The third kappa shape index (κ3) is 5.31. The normalized spacial score (nSPS) is 23.2. The number of ether oxygens (including phenoxy) is 2. The van der Waals surface area contributed by atoms with Crippen molar-refractivity contribution in [3.63, 3.8) is 0 Å². The van der Waals surface area contributed by atoms with Crippen molar-refractivity contribution >= 4 is 54.8 Å². The number of rotatable bonds is 8. The van der Waals surface area contributed by atoms with Gasteiger partial charge in [0.2, 0.25) is 11.8 Å². The fourth-order valence-corrected chi connectivity index (χ4v) is 8.84. The standard InChI is InChI=1S/C33H32ClF2N7O3S/c34-21-12-19-27(26(36)25(21)18-5-6-22(35)28-24(18)20(13-37)29(38)47-28)41-32(45-15-33-7-1-9-43(33)10-2-8-33)42-31(19)46-17-4-3-16(11-17)40-30(44)23-14-39-23/h5-6,12,16-17,23,39H,1-4,7-11,14-15,38H2,(H,40,44). The first-order chi connectivity index (χ1) is 22.7. The molecule has 3 saturated heterocycles. The van der Waals surface area contributed by atoms with Crippen molar-refractivity contribution in [2.75, 3.05) is 32.0 Å². The minimum atomic E-state index is -0.777. The van der Waals surface area contributed by atoms with E-state index in [1.807, 2.05) is 6.07 Å². The van der Waals surface area contributed by atoms with E-state index in [9.17, 15) is 14.4 Å². The summed E-state index contributed by atoms with van der Waals surface area (Å²) >= 11 is 7.72. The van der Waals surface area contributed by atoms with Crippen LogP contribution >= 0.6 is 22.9 Å². The summed E-state index contributed by atoms with van der Waals surface area (Å²) in [7, 11) is 0. The molecule has 3 aliphatic heterocycles. The number of thiophene rings is 1. The molecule has 1 aliphatic carbocycles. The van der Waals surface area contributed by atoms with Gasteiger partial charge in [-0.3, -0.25) is 9.69 Å². The first-order valence-electron chi connectivity index (χ1n) is 15.9. The summed E-state index contributed by atoms with van der Waals surface area (Å²) in [4.78, 5) is 23.9. The van der Waals surface area contributed by atoms with Gasteiger partial charge in [0, 0.05) is 30.0 Å². The molecule has 3 atom stereocenters. The number of hydrogen-bond donors (Lipinski definition) is 3. The quantitative estimate of drug-likeness (QED) is 0.211. The Kier molecular flexibility index (Phi) is 7.59. The minimum absolute atomic E-state index is 0.0126. The maximum absolute atomic E-state index is 16.9. The van der Waals surface area contributed by atoms with Crippen molar-refractivity contribution in [2.45, 2.75) is 68.7 Å². The molecule has 4 aliphatic rings. The SMILES string of the molecule is N#Cc1c(N)sc2c(F)ccc(-c3c(Cl)cc4c(OC5CCC(NC(=O)C6CN6)C5)nc(OCC56CCCN5CCC6)nc4c3F)c12. The molecule has 1 amide bonds. The molecule has 3 unspecified atom stereocenters. The van der Waals surface area contributed by atoms with Crippen molar-refractivity contribution in [3.8, 4) is 29.1 Å². The molecule has 0 spiro atoms. The van der Waals surface area contributed by atoms with Crippen LogP contribution < -0.4 is 25.8 Å². The number of amides is 1. The monoisotopic (exact) mass is 679 g/mol. The van der Waals surface area contributed by atoms with Gasteiger partial charge in [-0.25, -0.2) is 8.78 Å². The summed E-state index contributed by atoms with van der Waals surface area (Å²) in [5, 5.41) is 16.5. The van der Waals surface area contributed by atoms with Crippen molar-refractivity contribution in [1.82, 2.24) is 25.5 Å². The van der Waals surface area contributed by atoms with Crippen LogP contribution in [-0.2, 0) is 4.79 Å². The summed E-state index contributed by atoms with van der Waals surface area (Å²) < 4.78 is 44.5. The van der Waals surface area contributed by atoms with E-state index >= 15 is 4.39 Å². The number of anilines is 1. The number of benzene rings is 2. The predicted molar refractivity (Wildman–Crippen MR) is 175 cm³/mol. The van der Waals surface area contributed by atoms with E-state index in [1.165, 1.54) is 18.2 Å². The molecule has 0 radical (unpaired) electrons. The first kappa shape index (κ1) is 30.5. The Morgan fingerprint density at radius 2 is 2.04 bits per heavy atom. The molecule has 14 heteroatoms. The maximum atomic E-state index is 16.9. The van der Waals surface area contributed by atoms with E-state index in [0.29, 0.717) is 26.0 Å². The van der Waals surface area contributed by atoms with Gasteiger partial charge >= 0.3 is 6.01 Å². The second-order valence-electron chi connectivity index (χ2n) is 12.9. The van der Waals surface area contributed by atoms with E-state index in [1.54, 1.807) is 0 Å². The zero-order valence-corrected chi connectivity index (χ0v) is 26.9. The molecule has 4 fully saturated rings. The fraction of sp³-hybridized carbons (Fsp3) is 0.455. The average molecular weight is 680 g/mol. The summed E-state index contributed by atoms with van der Waals surface area (Å²) in [5.74, 6) is -1.23. The summed E-state index contributed by atoms with van der Waals surface area (Å²) in [5.41, 5.74) is 6.14. The lowest BCUT2D eigenvalue weighted by Gasteiger charge is -2.31. The van der Waals surface area contributed by atoms with Gasteiger partial charge < -0.3 is 25.8 Å². The van der Waals surface area contributed by atoms with Gasteiger partial charge in [0.15, 0.2) is 5.82 Å². The van der Waals surface area contributed by atoms with Crippen molar-refractivity contribution in [1.29, 1.82) is 5.26 Å². The number of fused-ring (bicyclic) bond motifs is 3. The summed E-state index contributed by atoms with van der Waals surface area (Å²) in [6.45, 7) is 3.09. The van der Waals surface area contributed by atoms with Crippen LogP contribution in [0.4, 0.5) is 13.8 Å². The smallest absolute Gasteiger partial charge is 0.320 e. The molecule has 5 heterocycles. The first-order valence-corrected chi connectivity index (χ1v) is 17.1. The molecule has 8 rings (SSSR count). The van der Waals surface area contributed by atoms with Crippen LogP contribution in [0.3, 0.4) is 0 Å². The van der Waals surface area contributed by atoms with Gasteiger partial charge in [-0.15, -0.1) is 11.3 Å². The zero-order chi connectivity index (χ0) is 32.4. The number of nitrogens with one attached hydrogen (secondary N) is 2. The second kappa shape index (κ2) is 11.7. The number of nitrogens with zero attached hydrogens (tertiary/aromatic N) is 4. The summed E-state index contributed by atoms with van der Waals surface area (Å²) in [6.07, 6.45) is 5.88. The molecular formula is C33H32ClF2N7O3S. The zero-order valence-electron chi connectivity index (χ0n) is 25.4. The van der Waals surface area contributed by atoms with E-state index in [2.05, 4.69) is 25.5 Å². The maximum Gasteiger partial charge on any atom is 0.320 e. The highest BCUT2D eigenvalue weighted by Crippen LogP contribution is 2.46. The number of carbonyl (C=O) groups is 1. The molecule has 0 bridgehead atoms. The largest absolute Gasteiger partial charge is 0.474 e. The van der Waals surface area contributed by atoms with Gasteiger partial charge in [-0.2, -0.15) is 15.2 Å². The van der Waals surface area contributed by atoms with Crippen LogP contribution in [0, 0.1) is 23.0 Å². The van der Waals surface area contributed by atoms with E-state index < -0.39 is 11.6 Å². The van der Waals surface area contributed by atoms with Crippen LogP contribution in [0.15, 0.2) is 18.2 Å². The Hall–Kier alpha value is -3.83. The van der Waals surface area contributed by atoms with Gasteiger partial charge in [0.25, 0.3) is 0 Å². The van der Waals surface area contributed by atoms with Crippen molar-refractivity contribution < 1.29 is 23.0 Å². The lowest BCUT2D eigenvalue weighted by molar-refractivity contribution is -0.121. The van der Waals surface area contributed by atoms with Gasteiger partial charge in [0.05, 0.1) is 32.3 Å². The Morgan fingerprint density at radius 3 is 2.79 bits per heavy atom. The number of carbonyl (C=O) groups excluding carboxylic acids is 1. The van der Waals surface area contributed by atoms with E-state index in [4.69, 9.17) is 26.8 Å². The van der Waals surface area contributed by atoms with Crippen LogP contribution in [-0.4, -0.2) is 70.7 Å². The minimum Gasteiger partial charge on any atom is -0.474 e. The number of nitrogens with two attached hydrogens (primary N) is 1. The number of nitrogen functional groups attached to an aromatic ring is 1. The Balaban J connectivity index is 1.20.